The van der Waals surface area contributed by atoms with Gasteiger partial charge in [-0.1, -0.05) is 54.9 Å². The molecule has 0 bridgehead atoms. The first kappa shape index (κ1) is 25.4. The number of thioether (sulfide) groups is 1. The number of halogens is 3. The minimum Gasteiger partial charge on any atom is -0.387 e. The van der Waals surface area contributed by atoms with Crippen LogP contribution in [0, 0.1) is 5.92 Å². The van der Waals surface area contributed by atoms with Crippen LogP contribution in [0.15, 0.2) is 42.5 Å². The number of rotatable bonds is 6. The van der Waals surface area contributed by atoms with Gasteiger partial charge in [-0.05, 0) is 64.7 Å². The highest BCUT2D eigenvalue weighted by Crippen LogP contribution is 2.65. The summed E-state index contributed by atoms with van der Waals surface area (Å²) in [4.78, 5) is 0. The minimum atomic E-state index is -2.52. The fourth-order valence-corrected chi connectivity index (χ4v) is 6.90. The third kappa shape index (κ3) is 4.88. The second-order valence-electron chi connectivity index (χ2n) is 10.2. The van der Waals surface area contributed by atoms with Crippen LogP contribution in [0.5, 0.6) is 0 Å². The molecule has 1 aliphatic heterocycles. The summed E-state index contributed by atoms with van der Waals surface area (Å²) in [5.74, 6) is -1.75. The fraction of sp³-hybridized carbons (Fsp3) is 0.556. The molecule has 2 aromatic carbocycles. The summed E-state index contributed by atoms with van der Waals surface area (Å²) in [6.07, 6.45) is -2.62. The molecule has 2 saturated carbocycles. The van der Waals surface area contributed by atoms with Gasteiger partial charge in [-0.25, -0.2) is 8.78 Å². The average molecular weight is 525 g/mol. The van der Waals surface area contributed by atoms with Crippen LogP contribution in [-0.4, -0.2) is 50.7 Å². The Labute approximate surface area is 213 Å². The van der Waals surface area contributed by atoms with E-state index in [2.05, 4.69) is 12.1 Å². The Hall–Kier alpha value is -1.22. The molecular formula is C27H31ClF2O4S. The molecule has 8 heteroatoms. The van der Waals surface area contributed by atoms with Crippen LogP contribution in [0.2, 0.25) is 5.02 Å². The van der Waals surface area contributed by atoms with E-state index in [1.807, 2.05) is 25.1 Å². The number of alkyl halides is 2. The van der Waals surface area contributed by atoms with Crippen LogP contribution in [0.1, 0.15) is 61.0 Å². The van der Waals surface area contributed by atoms with Crippen LogP contribution in [0.3, 0.4) is 0 Å². The number of hydrogen-bond donors (Lipinski definition) is 3. The summed E-state index contributed by atoms with van der Waals surface area (Å²) in [5, 5.41) is 31.8. The monoisotopic (exact) mass is 524 g/mol. The summed E-state index contributed by atoms with van der Waals surface area (Å²) >= 11 is 7.87. The van der Waals surface area contributed by atoms with Crippen LogP contribution < -0.4 is 0 Å². The van der Waals surface area contributed by atoms with E-state index in [0.29, 0.717) is 29.2 Å². The van der Waals surface area contributed by atoms with Gasteiger partial charge in [0.1, 0.15) is 29.9 Å². The van der Waals surface area contributed by atoms with Gasteiger partial charge in [-0.15, -0.1) is 11.8 Å². The zero-order chi connectivity index (χ0) is 25.0. The third-order valence-electron chi connectivity index (χ3n) is 7.94. The van der Waals surface area contributed by atoms with Crippen molar-refractivity contribution >= 4 is 23.4 Å². The smallest absolute Gasteiger partial charge is 0.248 e. The Morgan fingerprint density at radius 2 is 1.74 bits per heavy atom. The number of benzene rings is 2. The predicted octanol–water partition coefficient (Wildman–Crippen LogP) is 5.24. The number of aliphatic hydroxyl groups excluding tert-OH is 3. The molecule has 0 amide bonds. The van der Waals surface area contributed by atoms with Crippen LogP contribution in [0.4, 0.5) is 8.78 Å². The van der Waals surface area contributed by atoms with Gasteiger partial charge < -0.3 is 20.1 Å². The lowest BCUT2D eigenvalue weighted by atomic mass is 9.81. The maximum atomic E-state index is 13.7. The zero-order valence-corrected chi connectivity index (χ0v) is 21.1. The fourth-order valence-electron chi connectivity index (χ4n) is 5.83. The topological polar surface area (TPSA) is 69.9 Å². The molecular weight excluding hydrogens is 494 g/mol. The molecule has 0 aromatic heterocycles. The Bertz CT molecular complexity index is 1070. The van der Waals surface area contributed by atoms with Gasteiger partial charge in [0.2, 0.25) is 5.92 Å². The molecule has 5 rings (SSSR count). The Morgan fingerprint density at radius 3 is 2.43 bits per heavy atom. The number of ether oxygens (including phenoxy) is 1. The molecule has 4 nitrogen and oxygen atoms in total. The first-order valence-corrected chi connectivity index (χ1v) is 13.6. The molecule has 3 fully saturated rings. The first-order chi connectivity index (χ1) is 16.6. The molecule has 35 heavy (non-hydrogen) atoms. The Kier molecular flexibility index (Phi) is 6.96. The highest BCUT2D eigenvalue weighted by Gasteiger charge is 2.61. The van der Waals surface area contributed by atoms with E-state index in [1.165, 1.54) is 11.8 Å². The van der Waals surface area contributed by atoms with Gasteiger partial charge in [0.05, 0.1) is 0 Å². The van der Waals surface area contributed by atoms with E-state index in [1.54, 1.807) is 12.1 Å². The molecule has 3 N–H and O–H groups in total. The summed E-state index contributed by atoms with van der Waals surface area (Å²) in [5.41, 5.74) is 3.01. The quantitative estimate of drug-likeness (QED) is 0.482. The molecule has 2 aromatic rings. The van der Waals surface area contributed by atoms with Crippen LogP contribution in [-0.2, 0) is 16.6 Å². The van der Waals surface area contributed by atoms with Gasteiger partial charge in [0.15, 0.2) is 0 Å². The van der Waals surface area contributed by atoms with Crippen molar-refractivity contribution in [3.8, 4) is 0 Å². The Morgan fingerprint density at radius 1 is 1.00 bits per heavy atom. The minimum absolute atomic E-state index is 0.00438. The maximum absolute atomic E-state index is 13.7. The average Bonchev–Trinajstić information content (AvgIpc) is 3.55. The molecule has 7 atom stereocenters. The standard InChI is InChI=1S/C27H31ClF2O4S/c1-2-35-25-23(33)21(31)22(32)24(34-25)16-5-8-20(28)17(12-16)11-15-3-6-18(7-4-15)26-9-10-27(29,30)14-19(26)13-26/h3-8,12,19,21-25,31-33H,2,9-11,13-14H2,1H3/t19?,21-,22-,23+,24+,25-,26?/m1/s1. The summed E-state index contributed by atoms with van der Waals surface area (Å²) in [7, 11) is 0. The normalized spacial score (nSPS) is 36.0. The molecule has 0 radical (unpaired) electrons. The largest absolute Gasteiger partial charge is 0.387 e. The van der Waals surface area contributed by atoms with E-state index in [4.69, 9.17) is 16.3 Å². The zero-order valence-electron chi connectivity index (χ0n) is 19.5. The maximum Gasteiger partial charge on any atom is 0.248 e. The van der Waals surface area contributed by atoms with Crippen molar-refractivity contribution in [2.45, 2.75) is 80.2 Å². The van der Waals surface area contributed by atoms with Gasteiger partial charge in [-0.2, -0.15) is 0 Å². The predicted molar refractivity (Wildman–Crippen MR) is 133 cm³/mol. The van der Waals surface area contributed by atoms with E-state index in [-0.39, 0.29) is 24.2 Å². The van der Waals surface area contributed by atoms with E-state index in [9.17, 15) is 24.1 Å². The molecule has 1 heterocycles. The first-order valence-electron chi connectivity index (χ1n) is 12.2. The Balaban J connectivity index is 1.32. The molecule has 2 aliphatic carbocycles. The van der Waals surface area contributed by atoms with Crippen molar-refractivity contribution < 1.29 is 28.8 Å². The van der Waals surface area contributed by atoms with Crippen LogP contribution in [0.25, 0.3) is 0 Å². The second-order valence-corrected chi connectivity index (χ2v) is 12.0. The van der Waals surface area contributed by atoms with Crippen LogP contribution >= 0.6 is 23.4 Å². The highest BCUT2D eigenvalue weighted by molar-refractivity contribution is 7.99. The lowest BCUT2D eigenvalue weighted by molar-refractivity contribution is -0.200. The molecule has 190 valence electrons. The van der Waals surface area contributed by atoms with Crippen molar-refractivity contribution in [1.29, 1.82) is 0 Å². The number of hydrogen-bond acceptors (Lipinski definition) is 5. The molecule has 0 spiro atoms. The summed E-state index contributed by atoms with van der Waals surface area (Å²) in [6.45, 7) is 1.94. The number of aliphatic hydroxyl groups is 3. The lowest BCUT2D eigenvalue weighted by Crippen LogP contribution is -2.53. The second kappa shape index (κ2) is 9.58. The third-order valence-corrected chi connectivity index (χ3v) is 9.36. The van der Waals surface area contributed by atoms with Gasteiger partial charge in [0, 0.05) is 17.9 Å². The van der Waals surface area contributed by atoms with Crippen molar-refractivity contribution in [3.05, 3.63) is 69.7 Å². The van der Waals surface area contributed by atoms with Crippen molar-refractivity contribution in [1.82, 2.24) is 0 Å². The van der Waals surface area contributed by atoms with Gasteiger partial charge >= 0.3 is 0 Å². The molecule has 2 unspecified atom stereocenters. The van der Waals surface area contributed by atoms with Gasteiger partial charge in [0.25, 0.3) is 0 Å². The SMILES string of the molecule is CCS[C@H]1O[C@@H](c2ccc(Cl)c(Cc3ccc(C45CCC(F)(F)CC4C5)cc3)c2)[C@H](O)[C@@H](O)[C@@H]1O. The summed E-state index contributed by atoms with van der Waals surface area (Å²) < 4.78 is 33.5. The van der Waals surface area contributed by atoms with Gasteiger partial charge in [-0.3, -0.25) is 0 Å². The lowest BCUT2D eigenvalue weighted by Gasteiger charge is -2.40. The number of fused-ring (bicyclic) bond motifs is 1. The highest BCUT2D eigenvalue weighted by atomic mass is 35.5. The van der Waals surface area contributed by atoms with E-state index < -0.39 is 35.8 Å². The molecule has 1 saturated heterocycles. The van der Waals surface area contributed by atoms with Crippen molar-refractivity contribution in [3.63, 3.8) is 0 Å². The summed E-state index contributed by atoms with van der Waals surface area (Å²) in [6, 6.07) is 13.6. The molecule has 3 aliphatic rings. The van der Waals surface area contributed by atoms with E-state index in [0.717, 1.165) is 23.1 Å². The van der Waals surface area contributed by atoms with E-state index >= 15 is 0 Å². The van der Waals surface area contributed by atoms with Crippen molar-refractivity contribution in [2.75, 3.05) is 5.75 Å². The van der Waals surface area contributed by atoms with Crippen molar-refractivity contribution in [2.24, 2.45) is 5.92 Å².